The first kappa shape index (κ1) is 36.0. The van der Waals surface area contributed by atoms with Crippen LogP contribution in [0, 0.1) is 5.92 Å². The largest absolute Gasteiger partial charge is 0.496 e. The smallest absolute Gasteiger partial charge is 0.412 e. The van der Waals surface area contributed by atoms with Crippen molar-refractivity contribution in [2.45, 2.75) is 116 Å². The first-order valence-electron chi connectivity index (χ1n) is 16.3. The molecule has 0 spiro atoms. The van der Waals surface area contributed by atoms with Crippen molar-refractivity contribution in [3.63, 3.8) is 0 Å². The van der Waals surface area contributed by atoms with Crippen molar-refractivity contribution in [3.8, 4) is 5.75 Å². The van der Waals surface area contributed by atoms with E-state index >= 15 is 0 Å². The standard InChI is InChI=1S/C37H50N2O8/c1-10-15-27-31(46-37(7,8)39(27)35(42)47-36(4,5)6)32(44-22-24-16-12-11-13-17-24)33(40)38-26(20-23(2)3)29-21-25-18-14-19-28(43-9)30(25)34(41)45-29/h10-14,16-19,23,26-27,29,31-32H,1,15,20-22H2,2-9H3,(H,38,40)/t26-,27-,29-,31-,32-/m0/s1. The number of fused-ring (bicyclic) bond motifs is 1. The third-order valence-corrected chi connectivity index (χ3v) is 8.26. The van der Waals surface area contributed by atoms with Crippen molar-refractivity contribution in [1.82, 2.24) is 10.2 Å². The molecule has 5 atom stereocenters. The summed E-state index contributed by atoms with van der Waals surface area (Å²) in [5.74, 6) is -0.297. The van der Waals surface area contributed by atoms with Crippen LogP contribution in [0.3, 0.4) is 0 Å². The summed E-state index contributed by atoms with van der Waals surface area (Å²) in [6, 6.07) is 13.8. The van der Waals surface area contributed by atoms with Gasteiger partial charge in [0, 0.05) is 6.42 Å². The molecule has 2 aromatic carbocycles. The Hall–Kier alpha value is -3.89. The average molecular weight is 651 g/mol. The molecule has 47 heavy (non-hydrogen) atoms. The Labute approximate surface area is 278 Å². The lowest BCUT2D eigenvalue weighted by molar-refractivity contribution is -0.154. The molecule has 10 heteroatoms. The number of methoxy groups -OCH3 is 1. The molecule has 2 aliphatic heterocycles. The quantitative estimate of drug-likeness (QED) is 0.213. The fraction of sp³-hybridized carbons (Fsp3) is 0.541. The minimum absolute atomic E-state index is 0.132. The van der Waals surface area contributed by atoms with Crippen LogP contribution in [-0.4, -0.2) is 71.7 Å². The third-order valence-electron chi connectivity index (χ3n) is 8.26. The molecule has 1 saturated heterocycles. The second-order valence-corrected chi connectivity index (χ2v) is 14.1. The maximum Gasteiger partial charge on any atom is 0.412 e. The number of rotatable bonds is 12. The van der Waals surface area contributed by atoms with Crippen molar-refractivity contribution in [2.75, 3.05) is 7.11 Å². The van der Waals surface area contributed by atoms with Crippen LogP contribution < -0.4 is 10.1 Å². The van der Waals surface area contributed by atoms with Crippen molar-refractivity contribution in [1.29, 1.82) is 0 Å². The number of carbonyl (C=O) groups is 3. The Bertz CT molecular complexity index is 1420. The molecule has 1 N–H and O–H groups in total. The van der Waals surface area contributed by atoms with E-state index in [9.17, 15) is 14.4 Å². The number of esters is 1. The third kappa shape index (κ3) is 8.73. The molecule has 2 aromatic rings. The summed E-state index contributed by atoms with van der Waals surface area (Å²) in [6.45, 7) is 17.1. The number of nitrogens with one attached hydrogen (secondary N) is 1. The van der Waals surface area contributed by atoms with Gasteiger partial charge in [0.25, 0.3) is 5.91 Å². The van der Waals surface area contributed by atoms with Gasteiger partial charge >= 0.3 is 12.1 Å². The van der Waals surface area contributed by atoms with Gasteiger partial charge in [-0.2, -0.15) is 0 Å². The van der Waals surface area contributed by atoms with E-state index in [1.165, 1.54) is 12.0 Å². The van der Waals surface area contributed by atoms with Gasteiger partial charge in [-0.1, -0.05) is 62.4 Å². The zero-order valence-electron chi connectivity index (χ0n) is 28.9. The molecule has 0 aromatic heterocycles. The summed E-state index contributed by atoms with van der Waals surface area (Å²) in [7, 11) is 1.52. The Balaban J connectivity index is 1.67. The minimum Gasteiger partial charge on any atom is -0.496 e. The molecule has 0 unspecified atom stereocenters. The minimum atomic E-state index is -1.13. The van der Waals surface area contributed by atoms with Crippen molar-refractivity contribution < 1.29 is 38.1 Å². The van der Waals surface area contributed by atoms with Crippen LogP contribution in [0.25, 0.3) is 0 Å². The van der Waals surface area contributed by atoms with Gasteiger partial charge in [-0.3, -0.25) is 9.69 Å². The van der Waals surface area contributed by atoms with Crippen LogP contribution in [0.4, 0.5) is 4.79 Å². The second-order valence-electron chi connectivity index (χ2n) is 14.1. The van der Waals surface area contributed by atoms with E-state index < -0.39 is 59.7 Å². The molecule has 1 fully saturated rings. The van der Waals surface area contributed by atoms with Crippen molar-refractivity contribution in [2.24, 2.45) is 5.92 Å². The molecule has 0 saturated carbocycles. The van der Waals surface area contributed by atoms with Gasteiger partial charge < -0.3 is 29.0 Å². The number of carbonyl (C=O) groups excluding carboxylic acids is 3. The first-order chi connectivity index (χ1) is 22.1. The number of benzene rings is 2. The predicted molar refractivity (Wildman–Crippen MR) is 178 cm³/mol. The summed E-state index contributed by atoms with van der Waals surface area (Å²) < 4.78 is 30.1. The number of hydrogen-bond acceptors (Lipinski definition) is 8. The molecular weight excluding hydrogens is 600 g/mol. The van der Waals surface area contributed by atoms with Crippen molar-refractivity contribution >= 4 is 18.0 Å². The fourth-order valence-electron chi connectivity index (χ4n) is 6.34. The predicted octanol–water partition coefficient (Wildman–Crippen LogP) is 6.21. The highest BCUT2D eigenvalue weighted by atomic mass is 16.6. The highest BCUT2D eigenvalue weighted by Crippen LogP contribution is 2.38. The molecule has 2 amide bonds. The van der Waals surface area contributed by atoms with Crippen LogP contribution in [0.15, 0.2) is 61.2 Å². The molecule has 256 valence electrons. The van der Waals surface area contributed by atoms with Gasteiger partial charge in [0.15, 0.2) is 6.10 Å². The fourth-order valence-corrected chi connectivity index (χ4v) is 6.34. The molecule has 0 radical (unpaired) electrons. The van der Waals surface area contributed by atoms with Gasteiger partial charge in [0.05, 0.1) is 25.8 Å². The Morgan fingerprint density at radius 2 is 1.83 bits per heavy atom. The Kier molecular flexibility index (Phi) is 11.4. The maximum absolute atomic E-state index is 14.4. The molecule has 4 rings (SSSR count). The average Bonchev–Trinajstić information content (AvgIpc) is 3.25. The lowest BCUT2D eigenvalue weighted by atomic mass is 9.90. The molecule has 2 aliphatic rings. The summed E-state index contributed by atoms with van der Waals surface area (Å²) in [5, 5.41) is 3.17. The Morgan fingerprint density at radius 3 is 2.45 bits per heavy atom. The summed E-state index contributed by atoms with van der Waals surface area (Å²) in [6.07, 6.45) is -0.187. The van der Waals surface area contributed by atoms with Crippen LogP contribution in [0.5, 0.6) is 5.75 Å². The molecule has 0 aliphatic carbocycles. The number of ether oxygens (including phenoxy) is 5. The van der Waals surface area contributed by atoms with Crippen LogP contribution in [0.1, 0.15) is 82.8 Å². The van der Waals surface area contributed by atoms with E-state index in [4.69, 9.17) is 23.7 Å². The number of nitrogens with zero attached hydrogens (tertiary/aromatic N) is 1. The monoisotopic (exact) mass is 650 g/mol. The topological polar surface area (TPSA) is 113 Å². The van der Waals surface area contributed by atoms with Gasteiger partial charge in [-0.15, -0.1) is 6.58 Å². The summed E-state index contributed by atoms with van der Waals surface area (Å²) in [5.41, 5.74) is 0.215. The maximum atomic E-state index is 14.4. The van der Waals surface area contributed by atoms with E-state index in [0.29, 0.717) is 30.6 Å². The van der Waals surface area contributed by atoms with Crippen LogP contribution in [-0.2, 0) is 36.8 Å². The van der Waals surface area contributed by atoms with E-state index in [1.807, 2.05) is 56.3 Å². The normalized spacial score (nSPS) is 21.8. The van der Waals surface area contributed by atoms with Crippen LogP contribution >= 0.6 is 0 Å². The van der Waals surface area contributed by atoms with Gasteiger partial charge in [0.2, 0.25) is 0 Å². The number of amides is 2. The SMILES string of the molecule is C=CC[C@H]1[C@@H]([C@H](OCc2ccccc2)C(=O)N[C@@H](CC(C)C)[C@@H]2Cc3cccc(OC)c3C(=O)O2)OC(C)(C)N1C(=O)OC(C)(C)C. The summed E-state index contributed by atoms with van der Waals surface area (Å²) >= 11 is 0. The van der Waals surface area contributed by atoms with Crippen molar-refractivity contribution in [3.05, 3.63) is 77.9 Å². The zero-order chi connectivity index (χ0) is 34.5. The number of cyclic esters (lactones) is 1. The van der Waals surface area contributed by atoms with Gasteiger partial charge in [0.1, 0.15) is 34.8 Å². The Morgan fingerprint density at radius 1 is 1.13 bits per heavy atom. The van der Waals surface area contributed by atoms with E-state index in [-0.39, 0.29) is 12.5 Å². The molecule has 2 heterocycles. The lowest BCUT2D eigenvalue weighted by Crippen LogP contribution is -2.56. The first-order valence-corrected chi connectivity index (χ1v) is 16.3. The zero-order valence-corrected chi connectivity index (χ0v) is 28.9. The summed E-state index contributed by atoms with van der Waals surface area (Å²) in [4.78, 5) is 42.8. The van der Waals surface area contributed by atoms with Gasteiger partial charge in [-0.05, 0) is 70.6 Å². The molecule has 0 bridgehead atoms. The van der Waals surface area contributed by atoms with Gasteiger partial charge in [-0.25, -0.2) is 9.59 Å². The van der Waals surface area contributed by atoms with Crippen LogP contribution in [0.2, 0.25) is 0 Å². The van der Waals surface area contributed by atoms with E-state index in [2.05, 4.69) is 11.9 Å². The molecular formula is C37H50N2O8. The lowest BCUT2D eigenvalue weighted by Gasteiger charge is -2.35. The van der Waals surface area contributed by atoms with E-state index in [1.54, 1.807) is 46.8 Å². The molecule has 10 nitrogen and oxygen atoms in total. The van der Waals surface area contributed by atoms with E-state index in [0.717, 1.165) is 11.1 Å². The highest BCUT2D eigenvalue weighted by Gasteiger charge is 2.55. The highest BCUT2D eigenvalue weighted by molar-refractivity contribution is 5.95. The number of hydrogen-bond donors (Lipinski definition) is 1. The second kappa shape index (κ2) is 14.9.